The van der Waals surface area contributed by atoms with Gasteiger partial charge in [0.05, 0.1) is 46.7 Å². The number of anilines is 1. The van der Waals surface area contributed by atoms with Crippen molar-refractivity contribution in [3.63, 3.8) is 0 Å². The van der Waals surface area contributed by atoms with Crippen molar-refractivity contribution >= 4 is 35.3 Å². The van der Waals surface area contributed by atoms with Crippen LogP contribution in [0.1, 0.15) is 49.9 Å². The fourth-order valence-corrected chi connectivity index (χ4v) is 5.56. The minimum absolute atomic E-state index is 0.148. The summed E-state index contributed by atoms with van der Waals surface area (Å²) in [5.74, 6) is 2.01. The van der Waals surface area contributed by atoms with Crippen molar-refractivity contribution in [1.82, 2.24) is 5.32 Å². The van der Waals surface area contributed by atoms with Crippen LogP contribution in [0.4, 0.5) is 5.69 Å². The molecule has 0 aromatic heterocycles. The van der Waals surface area contributed by atoms with E-state index >= 15 is 0 Å². The molecule has 1 aliphatic rings. The fraction of sp³-hybridized carbons (Fsp3) is 0.250. The van der Waals surface area contributed by atoms with E-state index in [0.717, 1.165) is 16.7 Å². The first kappa shape index (κ1) is 34.4. The highest BCUT2D eigenvalue weighted by Crippen LogP contribution is 2.39. The Bertz CT molecular complexity index is 1760. The number of hydrogen-bond donors (Lipinski definition) is 5. The van der Waals surface area contributed by atoms with Gasteiger partial charge in [0.25, 0.3) is 5.91 Å². The molecule has 1 amide bonds. The maximum atomic E-state index is 12.7. The van der Waals surface area contributed by atoms with Crippen molar-refractivity contribution in [2.45, 2.75) is 26.0 Å². The normalized spacial score (nSPS) is 13.8. The van der Waals surface area contributed by atoms with Crippen molar-refractivity contribution in [3.8, 4) is 28.7 Å². The van der Waals surface area contributed by atoms with Gasteiger partial charge in [-0.3, -0.25) is 4.79 Å². The molecule has 0 aliphatic carbocycles. The number of benzene rings is 4. The first-order valence-electron chi connectivity index (χ1n) is 15.0. The third kappa shape index (κ3) is 7.61. The van der Waals surface area contributed by atoms with E-state index in [-0.39, 0.29) is 38.9 Å². The zero-order chi connectivity index (χ0) is 34.2. The summed E-state index contributed by atoms with van der Waals surface area (Å²) < 4.78 is 28.6. The number of methoxy groups -OCH3 is 3. The third-order valence-electron chi connectivity index (χ3n) is 7.80. The summed E-state index contributed by atoms with van der Waals surface area (Å²) in [7, 11) is 4.58. The molecule has 0 bridgehead atoms. The number of aliphatic hydroxyl groups excluding tert-OH is 3. The zero-order valence-corrected chi connectivity index (χ0v) is 27.5. The van der Waals surface area contributed by atoms with E-state index in [2.05, 4.69) is 10.6 Å². The van der Waals surface area contributed by atoms with E-state index in [9.17, 15) is 20.1 Å². The average Bonchev–Trinajstić information content (AvgIpc) is 3.11. The largest absolute Gasteiger partial charge is 0.496 e. The van der Waals surface area contributed by atoms with Crippen LogP contribution >= 0.6 is 11.6 Å². The lowest BCUT2D eigenvalue weighted by Gasteiger charge is -2.28. The minimum Gasteiger partial charge on any atom is -0.496 e. The zero-order valence-electron chi connectivity index (χ0n) is 26.7. The lowest BCUT2D eigenvalue weighted by atomic mass is 10.0. The summed E-state index contributed by atoms with van der Waals surface area (Å²) in [6.07, 6.45) is 3.21. The van der Waals surface area contributed by atoms with Crippen LogP contribution in [0.15, 0.2) is 60.7 Å². The molecular weight excluding hydrogens is 640 g/mol. The summed E-state index contributed by atoms with van der Waals surface area (Å²) in [4.78, 5) is 12.7. The first-order chi connectivity index (χ1) is 23.3. The number of halogens is 1. The second kappa shape index (κ2) is 15.8. The molecule has 12 heteroatoms. The highest BCUT2D eigenvalue weighted by Gasteiger charge is 2.25. The molecule has 0 saturated heterocycles. The molecule has 0 spiro atoms. The van der Waals surface area contributed by atoms with Gasteiger partial charge in [-0.15, -0.1) is 0 Å². The lowest BCUT2D eigenvalue weighted by Crippen LogP contribution is -2.38. The van der Waals surface area contributed by atoms with E-state index < -0.39 is 6.17 Å². The quantitative estimate of drug-likeness (QED) is 0.0878. The Morgan fingerprint density at radius 2 is 1.35 bits per heavy atom. The van der Waals surface area contributed by atoms with Crippen LogP contribution in [0, 0.1) is 0 Å². The molecule has 1 unspecified atom stereocenters. The number of carbonyl (C=O) groups excluding carboxylic acids is 1. The minimum atomic E-state index is -0.501. The summed E-state index contributed by atoms with van der Waals surface area (Å²) in [5.41, 5.74) is 5.08. The van der Waals surface area contributed by atoms with Gasteiger partial charge in [0.1, 0.15) is 30.9 Å². The third-order valence-corrected chi connectivity index (χ3v) is 8.04. The van der Waals surface area contributed by atoms with E-state index in [1.165, 1.54) is 21.3 Å². The number of carbonyl (C=O) groups is 1. The second-order valence-corrected chi connectivity index (χ2v) is 11.2. The number of hydrogen-bond acceptors (Lipinski definition) is 10. The Labute approximate surface area is 283 Å². The van der Waals surface area contributed by atoms with Crippen molar-refractivity contribution in [2.24, 2.45) is 0 Å². The molecule has 1 aliphatic heterocycles. The molecule has 5 N–H and O–H groups in total. The number of fused-ring (bicyclic) bond motifs is 1. The standard InChI is InChI=1S/C36H37ClN2O9/c1-44-31-13-21(12-24(18-40)28(31)20-42)4-5-22-14-32(45-2)34(33(15-22)46-3)48-11-10-47-30-9-6-23(16-25(30)19-41)35-38-29-8-7-26(37)17-27(29)36(43)39-35/h4-9,12-17,35,38,40-42H,10-11,18-20H2,1-3H3,(H,39,43)/b5-4-. The smallest absolute Gasteiger partial charge is 0.255 e. The van der Waals surface area contributed by atoms with Crippen molar-refractivity contribution in [3.05, 3.63) is 105 Å². The van der Waals surface area contributed by atoms with E-state index in [1.807, 2.05) is 18.2 Å². The predicted molar refractivity (Wildman–Crippen MR) is 182 cm³/mol. The van der Waals surface area contributed by atoms with Crippen LogP contribution < -0.4 is 34.3 Å². The molecule has 5 rings (SSSR count). The molecule has 48 heavy (non-hydrogen) atoms. The molecule has 0 saturated carbocycles. The second-order valence-electron chi connectivity index (χ2n) is 10.7. The molecule has 0 radical (unpaired) electrons. The van der Waals surface area contributed by atoms with Crippen molar-refractivity contribution < 1.29 is 43.8 Å². The summed E-state index contributed by atoms with van der Waals surface area (Å²) in [6, 6.07) is 17.6. The highest BCUT2D eigenvalue weighted by molar-refractivity contribution is 6.31. The average molecular weight is 677 g/mol. The Morgan fingerprint density at radius 3 is 2.00 bits per heavy atom. The maximum absolute atomic E-state index is 12.7. The highest BCUT2D eigenvalue weighted by atomic mass is 35.5. The molecule has 1 atom stereocenters. The van der Waals surface area contributed by atoms with Crippen LogP contribution in [0.3, 0.4) is 0 Å². The van der Waals surface area contributed by atoms with Crippen molar-refractivity contribution in [1.29, 1.82) is 0 Å². The van der Waals surface area contributed by atoms with Gasteiger partial charge in [-0.2, -0.15) is 0 Å². The molecule has 11 nitrogen and oxygen atoms in total. The molecule has 4 aromatic carbocycles. The number of nitrogens with one attached hydrogen (secondary N) is 2. The van der Waals surface area contributed by atoms with Crippen molar-refractivity contribution in [2.75, 3.05) is 39.9 Å². The first-order valence-corrected chi connectivity index (χ1v) is 15.4. The Morgan fingerprint density at radius 1 is 0.708 bits per heavy atom. The predicted octanol–water partition coefficient (Wildman–Crippen LogP) is 5.33. The molecule has 1 heterocycles. The van der Waals surface area contributed by atoms with Gasteiger partial charge in [0.2, 0.25) is 5.75 Å². The maximum Gasteiger partial charge on any atom is 0.255 e. The van der Waals surface area contributed by atoms with Gasteiger partial charge in [0, 0.05) is 21.8 Å². The van der Waals surface area contributed by atoms with Gasteiger partial charge in [-0.1, -0.05) is 29.8 Å². The van der Waals surface area contributed by atoms with Gasteiger partial charge < -0.3 is 49.6 Å². The van der Waals surface area contributed by atoms with Crippen LogP contribution in [0.2, 0.25) is 5.02 Å². The Hall–Kier alpha value is -4.94. The number of rotatable bonds is 14. The van der Waals surface area contributed by atoms with E-state index in [4.69, 9.17) is 35.3 Å². The molecule has 252 valence electrons. The molecule has 0 fully saturated rings. The van der Waals surface area contributed by atoms with Crippen LogP contribution in [0.25, 0.3) is 12.2 Å². The van der Waals surface area contributed by atoms with Gasteiger partial charge in [-0.05, 0) is 76.9 Å². The summed E-state index contributed by atoms with van der Waals surface area (Å²) >= 11 is 6.04. The molecule has 4 aromatic rings. The Balaban J connectivity index is 1.24. The fourth-order valence-electron chi connectivity index (χ4n) is 5.39. The van der Waals surface area contributed by atoms with Crippen LogP contribution in [-0.4, -0.2) is 55.8 Å². The van der Waals surface area contributed by atoms with E-state index in [0.29, 0.717) is 61.7 Å². The molecular formula is C36H37ClN2O9. The number of ether oxygens (including phenoxy) is 5. The van der Waals surface area contributed by atoms with Gasteiger partial charge in [-0.25, -0.2) is 0 Å². The monoisotopic (exact) mass is 676 g/mol. The van der Waals surface area contributed by atoms with Gasteiger partial charge in [0.15, 0.2) is 11.5 Å². The lowest BCUT2D eigenvalue weighted by molar-refractivity contribution is 0.0935. The van der Waals surface area contributed by atoms with E-state index in [1.54, 1.807) is 54.6 Å². The topological polar surface area (TPSA) is 148 Å². The van der Waals surface area contributed by atoms with Crippen LogP contribution in [-0.2, 0) is 19.8 Å². The SMILES string of the molecule is COc1cc(/C=C\c2cc(OC)c(OCCOc3ccc(C4NC(=O)c5cc(Cl)ccc5N4)cc3CO)c(OC)c2)cc(CO)c1CO. The van der Waals surface area contributed by atoms with Crippen LogP contribution in [0.5, 0.6) is 28.7 Å². The summed E-state index contributed by atoms with van der Waals surface area (Å²) in [5, 5.41) is 36.2. The Kier molecular flexibility index (Phi) is 11.3. The number of aliphatic hydroxyl groups is 3. The summed E-state index contributed by atoms with van der Waals surface area (Å²) in [6.45, 7) is -0.445. The number of amides is 1. The van der Waals surface area contributed by atoms with Gasteiger partial charge >= 0.3 is 0 Å².